The molecule has 5 aliphatic carbocycles. The van der Waals surface area contributed by atoms with Crippen LogP contribution in [0.5, 0.6) is 0 Å². The Morgan fingerprint density at radius 1 is 1.02 bits per heavy atom. The zero-order valence-electron chi connectivity index (χ0n) is 26.1. The lowest BCUT2D eigenvalue weighted by Gasteiger charge is -2.69. The van der Waals surface area contributed by atoms with Crippen LogP contribution in [-0.4, -0.2) is 27.0 Å². The van der Waals surface area contributed by atoms with Crippen molar-refractivity contribution in [2.45, 2.75) is 100 Å². The van der Waals surface area contributed by atoms with Crippen LogP contribution in [-0.2, 0) is 9.59 Å². The van der Waals surface area contributed by atoms with Gasteiger partial charge >= 0.3 is 0 Å². The summed E-state index contributed by atoms with van der Waals surface area (Å²) in [5.41, 5.74) is -1.05. The van der Waals surface area contributed by atoms with Gasteiger partial charge in [0.05, 0.1) is 12.0 Å². The summed E-state index contributed by atoms with van der Waals surface area (Å²) in [6.45, 7) is 25.0. The van der Waals surface area contributed by atoms with E-state index in [-0.39, 0.29) is 57.2 Å². The van der Waals surface area contributed by atoms with E-state index in [0.717, 1.165) is 50.5 Å². The van der Waals surface area contributed by atoms with E-state index in [1.54, 1.807) is 17.0 Å². The van der Waals surface area contributed by atoms with Gasteiger partial charge in [0.1, 0.15) is 5.82 Å². The predicted molar refractivity (Wildman–Crippen MR) is 157 cm³/mol. The summed E-state index contributed by atoms with van der Waals surface area (Å²) in [7, 11) is 0. The van der Waals surface area contributed by atoms with E-state index in [4.69, 9.17) is 6.57 Å². The molecule has 6 rings (SSSR count). The highest BCUT2D eigenvalue weighted by molar-refractivity contribution is 6.03. The summed E-state index contributed by atoms with van der Waals surface area (Å²) >= 11 is 0. The van der Waals surface area contributed by atoms with Crippen LogP contribution < -0.4 is 0 Å². The fourth-order valence-electron chi connectivity index (χ4n) is 10.8. The van der Waals surface area contributed by atoms with Crippen molar-refractivity contribution in [3.63, 3.8) is 0 Å². The molecule has 0 saturated heterocycles. The zero-order chi connectivity index (χ0) is 30.0. The second-order valence-electron chi connectivity index (χ2n) is 16.0. The van der Waals surface area contributed by atoms with Crippen molar-refractivity contribution in [1.29, 1.82) is 0 Å². The molecule has 3 fully saturated rings. The Morgan fingerprint density at radius 3 is 2.34 bits per heavy atom. The number of allylic oxidation sites excluding steroid dienone is 4. The monoisotopic (exact) mass is 555 g/mol. The Morgan fingerprint density at radius 2 is 1.71 bits per heavy atom. The number of rotatable bonds is 1. The summed E-state index contributed by atoms with van der Waals surface area (Å²) in [6.07, 6.45) is 13.2. The van der Waals surface area contributed by atoms with Crippen LogP contribution in [0, 0.1) is 63.7 Å². The highest BCUT2D eigenvalue weighted by Crippen LogP contribution is 2.74. The zero-order valence-corrected chi connectivity index (χ0v) is 26.1. The summed E-state index contributed by atoms with van der Waals surface area (Å²) in [5.74, 6) is 0.596. The number of aryl methyl sites for hydroxylation is 1. The lowest BCUT2D eigenvalue weighted by Crippen LogP contribution is -2.66. The van der Waals surface area contributed by atoms with Crippen LogP contribution in [0.25, 0.3) is 4.85 Å². The number of hydrogen-bond acceptors (Lipinski definition) is 4. The Hall–Kier alpha value is -2.81. The Kier molecular flexibility index (Phi) is 5.80. The third-order valence-corrected chi connectivity index (χ3v) is 13.3. The van der Waals surface area contributed by atoms with Gasteiger partial charge in [-0.15, -0.1) is 0 Å². The molecule has 5 aliphatic rings. The SMILES string of the molecule is [C-]#[N+]C1=C[C@]2(C)C3=CC(=O)C4C5CC(C)(C)CC[C@]5(C(=O)n5ccnc5C)CC[C@@]4(C)[C@]3(C)CC[C@H]2C(C)(C)C1=O. The highest BCUT2D eigenvalue weighted by Gasteiger charge is 2.70. The predicted octanol–water partition coefficient (Wildman–Crippen LogP) is 7.40. The maximum Gasteiger partial charge on any atom is 0.238 e. The first-order valence-electron chi connectivity index (χ1n) is 15.4. The maximum absolute atomic E-state index is 14.7. The van der Waals surface area contributed by atoms with Crippen molar-refractivity contribution in [2.75, 3.05) is 0 Å². The van der Waals surface area contributed by atoms with Gasteiger partial charge in [0.2, 0.25) is 11.6 Å². The van der Waals surface area contributed by atoms with Gasteiger partial charge < -0.3 is 4.79 Å². The molecule has 1 aromatic heterocycles. The molecule has 0 aromatic carbocycles. The quantitative estimate of drug-likeness (QED) is 0.338. The topological polar surface area (TPSA) is 73.4 Å². The van der Waals surface area contributed by atoms with Crippen molar-refractivity contribution in [2.24, 2.45) is 50.2 Å². The van der Waals surface area contributed by atoms with Crippen LogP contribution in [0.15, 0.2) is 35.8 Å². The molecule has 0 radical (unpaired) electrons. The van der Waals surface area contributed by atoms with E-state index in [1.807, 2.05) is 32.9 Å². The summed E-state index contributed by atoms with van der Waals surface area (Å²) in [5, 5.41) is 0. The van der Waals surface area contributed by atoms with Gasteiger partial charge in [-0.1, -0.05) is 60.1 Å². The molecule has 41 heavy (non-hydrogen) atoms. The molecule has 2 unspecified atom stereocenters. The summed E-state index contributed by atoms with van der Waals surface area (Å²) in [6, 6.07) is 0. The van der Waals surface area contributed by atoms with Crippen LogP contribution >= 0.6 is 0 Å². The van der Waals surface area contributed by atoms with Crippen LogP contribution in [0.1, 0.15) is 104 Å². The Labute approximate surface area is 244 Å². The van der Waals surface area contributed by atoms with Crippen LogP contribution in [0.3, 0.4) is 0 Å². The smallest absolute Gasteiger partial charge is 0.238 e. The fourth-order valence-corrected chi connectivity index (χ4v) is 10.8. The maximum atomic E-state index is 14.7. The molecule has 0 spiro atoms. The number of imidazole rings is 1. The molecule has 1 aromatic rings. The van der Waals surface area contributed by atoms with Crippen molar-refractivity contribution >= 4 is 17.5 Å². The second kappa shape index (κ2) is 8.39. The minimum atomic E-state index is -0.670. The van der Waals surface area contributed by atoms with E-state index < -0.39 is 16.2 Å². The number of ketones is 2. The number of carbonyl (C=O) groups excluding carboxylic acids is 3. The van der Waals surface area contributed by atoms with E-state index in [9.17, 15) is 14.4 Å². The van der Waals surface area contributed by atoms with Gasteiger partial charge in [0.25, 0.3) is 0 Å². The van der Waals surface area contributed by atoms with Gasteiger partial charge in [0, 0.05) is 29.1 Å². The van der Waals surface area contributed by atoms with Crippen molar-refractivity contribution in [1.82, 2.24) is 9.55 Å². The van der Waals surface area contributed by atoms with E-state index in [0.29, 0.717) is 5.82 Å². The van der Waals surface area contributed by atoms with Crippen molar-refractivity contribution in [3.8, 4) is 0 Å². The second-order valence-corrected chi connectivity index (χ2v) is 16.0. The van der Waals surface area contributed by atoms with Gasteiger partial charge in [-0.25, -0.2) is 9.83 Å². The van der Waals surface area contributed by atoms with Crippen molar-refractivity contribution < 1.29 is 14.4 Å². The number of carbonyl (C=O) groups is 3. The molecule has 6 heteroatoms. The lowest BCUT2D eigenvalue weighted by atomic mass is 9.34. The minimum Gasteiger partial charge on any atom is -0.307 e. The number of fused-ring (bicyclic) bond motifs is 7. The minimum absolute atomic E-state index is 0.0300. The van der Waals surface area contributed by atoms with Gasteiger partial charge in [-0.3, -0.25) is 14.2 Å². The number of hydrogen-bond donors (Lipinski definition) is 0. The highest BCUT2D eigenvalue weighted by atomic mass is 16.2. The first-order chi connectivity index (χ1) is 19.0. The van der Waals surface area contributed by atoms with E-state index >= 15 is 0 Å². The first-order valence-corrected chi connectivity index (χ1v) is 15.4. The van der Waals surface area contributed by atoms with Gasteiger partial charge in [0.15, 0.2) is 11.6 Å². The molecule has 3 saturated carbocycles. The molecule has 0 bridgehead atoms. The Balaban J connectivity index is 1.53. The summed E-state index contributed by atoms with van der Waals surface area (Å²) in [4.78, 5) is 50.4. The fraction of sp³-hybridized carbons (Fsp3) is 0.686. The van der Waals surface area contributed by atoms with E-state index in [2.05, 4.69) is 44.4 Å². The number of nitrogens with zero attached hydrogens (tertiary/aromatic N) is 3. The number of Topliss-reactive ketones (excluding diaryl/α,β-unsaturated/α-hetero) is 1. The molecule has 0 aliphatic heterocycles. The normalized spacial score (nSPS) is 42.5. The molecule has 0 amide bonds. The molecule has 0 N–H and O–H groups in total. The third kappa shape index (κ3) is 3.41. The van der Waals surface area contributed by atoms with Crippen LogP contribution in [0.4, 0.5) is 0 Å². The van der Waals surface area contributed by atoms with Crippen LogP contribution in [0.2, 0.25) is 0 Å². The molecular formula is C35H45N3O3. The average molecular weight is 556 g/mol. The molecular weight excluding hydrogens is 510 g/mol. The standard InChI is InChI=1S/C35H45N3O3/c1-21-37-16-17-38(21)29(41)35-14-12-30(2,3)19-22(35)27-24(39)18-26-32(6)20-23(36-9)28(40)31(4,5)25(32)10-11-33(26,7)34(27,8)13-15-35/h16-18,20,22,25,27H,10-15,19H2,1-8H3/t22?,25-,27?,32-,33+,34+,35-/m0/s1. The molecule has 6 nitrogen and oxygen atoms in total. The van der Waals surface area contributed by atoms with Crippen molar-refractivity contribution in [3.05, 3.63) is 53.1 Å². The van der Waals surface area contributed by atoms with Gasteiger partial charge in [-0.05, 0) is 86.0 Å². The molecule has 218 valence electrons. The lowest BCUT2D eigenvalue weighted by molar-refractivity contribution is -0.164. The molecule has 1 heterocycles. The average Bonchev–Trinajstić information content (AvgIpc) is 3.32. The first kappa shape index (κ1) is 28.3. The number of aromatic nitrogens is 2. The third-order valence-electron chi connectivity index (χ3n) is 13.3. The summed E-state index contributed by atoms with van der Waals surface area (Å²) < 4.78 is 1.73. The Bertz CT molecular complexity index is 1490. The largest absolute Gasteiger partial charge is 0.307 e. The van der Waals surface area contributed by atoms with E-state index in [1.165, 1.54) is 0 Å². The molecule has 7 atom stereocenters. The van der Waals surface area contributed by atoms with Gasteiger partial charge in [-0.2, -0.15) is 0 Å².